The zero-order valence-corrected chi connectivity index (χ0v) is 17.2. The highest BCUT2D eigenvalue weighted by Crippen LogP contribution is 2.34. The molecule has 1 aliphatic rings. The van der Waals surface area contributed by atoms with Crippen LogP contribution in [-0.4, -0.2) is 48.3 Å². The molecule has 3 aromatic rings. The van der Waals surface area contributed by atoms with Crippen molar-refractivity contribution in [3.8, 4) is 10.6 Å². The zero-order valence-electron chi connectivity index (χ0n) is 14.8. The molecule has 0 saturated carbocycles. The summed E-state index contributed by atoms with van der Waals surface area (Å²) < 4.78 is 25.6. The van der Waals surface area contributed by atoms with E-state index in [-0.39, 0.29) is 23.9 Å². The maximum absolute atomic E-state index is 12.9. The third-order valence-electron chi connectivity index (χ3n) is 4.86. The van der Waals surface area contributed by atoms with Crippen molar-refractivity contribution in [2.75, 3.05) is 18.8 Å². The predicted octanol–water partition coefficient (Wildman–Crippen LogP) is 3.79. The number of rotatable bonds is 3. The van der Waals surface area contributed by atoms with Crippen molar-refractivity contribution in [3.63, 3.8) is 0 Å². The summed E-state index contributed by atoms with van der Waals surface area (Å²) in [6.45, 7) is 0.471. The SMILES string of the molecule is O=C(c1cc(-c2cccs2)[nH]n1)N1CCC(c2ccccc2Cl)S(=O)(=O)CC1. The number of aromatic amines is 1. The summed E-state index contributed by atoms with van der Waals surface area (Å²) in [6.07, 6.45) is 0.306. The van der Waals surface area contributed by atoms with Gasteiger partial charge in [-0.25, -0.2) is 8.42 Å². The molecule has 146 valence electrons. The molecule has 0 aliphatic carbocycles. The van der Waals surface area contributed by atoms with Gasteiger partial charge in [-0.05, 0) is 35.6 Å². The quantitative estimate of drug-likeness (QED) is 0.678. The van der Waals surface area contributed by atoms with Gasteiger partial charge < -0.3 is 4.90 Å². The molecule has 9 heteroatoms. The topological polar surface area (TPSA) is 83.1 Å². The number of halogens is 1. The highest BCUT2D eigenvalue weighted by atomic mass is 35.5. The van der Waals surface area contributed by atoms with Crippen LogP contribution in [0.25, 0.3) is 10.6 Å². The summed E-state index contributed by atoms with van der Waals surface area (Å²) in [4.78, 5) is 15.4. The van der Waals surface area contributed by atoms with Gasteiger partial charge in [0.25, 0.3) is 5.91 Å². The summed E-state index contributed by atoms with van der Waals surface area (Å²) in [5.74, 6) is -0.370. The van der Waals surface area contributed by atoms with Crippen molar-refractivity contribution in [2.24, 2.45) is 0 Å². The summed E-state index contributed by atoms with van der Waals surface area (Å²) >= 11 is 7.78. The fraction of sp³-hybridized carbons (Fsp3) is 0.263. The van der Waals surface area contributed by atoms with Gasteiger partial charge in [0.15, 0.2) is 15.5 Å². The lowest BCUT2D eigenvalue weighted by Crippen LogP contribution is -2.33. The minimum Gasteiger partial charge on any atom is -0.336 e. The highest BCUT2D eigenvalue weighted by molar-refractivity contribution is 7.91. The highest BCUT2D eigenvalue weighted by Gasteiger charge is 2.34. The molecule has 1 amide bonds. The zero-order chi connectivity index (χ0) is 19.7. The van der Waals surface area contributed by atoms with Gasteiger partial charge in [0.1, 0.15) is 0 Å². The molecule has 28 heavy (non-hydrogen) atoms. The number of amides is 1. The molecule has 0 bridgehead atoms. The fourth-order valence-electron chi connectivity index (χ4n) is 3.38. The van der Waals surface area contributed by atoms with Crippen molar-refractivity contribution in [1.82, 2.24) is 15.1 Å². The number of H-pyrrole nitrogens is 1. The van der Waals surface area contributed by atoms with E-state index in [0.717, 1.165) is 10.6 Å². The minimum absolute atomic E-state index is 0.100. The van der Waals surface area contributed by atoms with Crippen LogP contribution in [0.15, 0.2) is 47.8 Å². The molecule has 0 spiro atoms. The molecule has 1 aliphatic heterocycles. The van der Waals surface area contributed by atoms with Crippen LogP contribution in [-0.2, 0) is 9.84 Å². The molecule has 1 fully saturated rings. The van der Waals surface area contributed by atoms with Gasteiger partial charge in [0.2, 0.25) is 0 Å². The van der Waals surface area contributed by atoms with Crippen LogP contribution in [0.3, 0.4) is 0 Å². The third kappa shape index (κ3) is 3.72. The number of thiophene rings is 1. The number of hydrogen-bond acceptors (Lipinski definition) is 5. The fourth-order valence-corrected chi connectivity index (χ4v) is 6.22. The van der Waals surface area contributed by atoms with Gasteiger partial charge in [0, 0.05) is 18.1 Å². The first kappa shape index (κ1) is 19.2. The van der Waals surface area contributed by atoms with Crippen LogP contribution in [0.4, 0.5) is 0 Å². The lowest BCUT2D eigenvalue weighted by molar-refractivity contribution is 0.0760. The molecule has 1 saturated heterocycles. The molecule has 6 nitrogen and oxygen atoms in total. The van der Waals surface area contributed by atoms with Crippen molar-refractivity contribution in [1.29, 1.82) is 0 Å². The molecular weight excluding hydrogens is 418 g/mol. The number of nitrogens with zero attached hydrogens (tertiary/aromatic N) is 2. The number of nitrogens with one attached hydrogen (secondary N) is 1. The largest absolute Gasteiger partial charge is 0.336 e. The third-order valence-corrected chi connectivity index (χ3v) is 8.22. The lowest BCUT2D eigenvalue weighted by atomic mass is 10.1. The standard InChI is InChI=1S/C19H18ClN3O3S2/c20-14-5-2-1-4-13(14)18-7-8-23(9-11-28(18,25)26)19(24)16-12-15(21-22-16)17-6-3-10-27-17/h1-6,10,12,18H,7-9,11H2,(H,21,22). The Labute approximate surface area is 172 Å². The molecule has 3 heterocycles. The predicted molar refractivity (Wildman–Crippen MR) is 110 cm³/mol. The first-order valence-electron chi connectivity index (χ1n) is 8.80. The number of carbonyl (C=O) groups is 1. The number of benzene rings is 1. The number of sulfone groups is 1. The van der Waals surface area contributed by atoms with Crippen LogP contribution in [0.2, 0.25) is 5.02 Å². The second kappa shape index (κ2) is 7.69. The van der Waals surface area contributed by atoms with Crippen LogP contribution >= 0.6 is 22.9 Å². The van der Waals surface area contributed by atoms with E-state index >= 15 is 0 Å². The Morgan fingerprint density at radius 2 is 2.04 bits per heavy atom. The van der Waals surface area contributed by atoms with Gasteiger partial charge in [-0.3, -0.25) is 9.89 Å². The summed E-state index contributed by atoms with van der Waals surface area (Å²) in [5.41, 5.74) is 1.66. The van der Waals surface area contributed by atoms with E-state index in [1.54, 1.807) is 46.6 Å². The van der Waals surface area contributed by atoms with Crippen LogP contribution < -0.4 is 0 Å². The maximum Gasteiger partial charge on any atom is 0.274 e. The van der Waals surface area contributed by atoms with Gasteiger partial charge in [-0.15, -0.1) is 11.3 Å². The average Bonchev–Trinajstić information content (AvgIpc) is 3.33. The monoisotopic (exact) mass is 435 g/mol. The molecule has 4 rings (SSSR count). The van der Waals surface area contributed by atoms with Gasteiger partial charge in [-0.2, -0.15) is 5.10 Å². The molecule has 1 atom stereocenters. The second-order valence-corrected chi connectivity index (χ2v) is 10.3. The normalized spacial score (nSPS) is 19.3. The molecule has 1 N–H and O–H groups in total. The summed E-state index contributed by atoms with van der Waals surface area (Å²) in [5, 5.41) is 8.68. The van der Waals surface area contributed by atoms with Crippen molar-refractivity contribution in [3.05, 3.63) is 64.1 Å². The van der Waals surface area contributed by atoms with Gasteiger partial charge in [-0.1, -0.05) is 35.9 Å². The van der Waals surface area contributed by atoms with E-state index in [9.17, 15) is 13.2 Å². The Morgan fingerprint density at radius 1 is 1.21 bits per heavy atom. The smallest absolute Gasteiger partial charge is 0.274 e. The maximum atomic E-state index is 12.9. The van der Waals surface area contributed by atoms with Crippen molar-refractivity contribution >= 4 is 38.7 Å². The second-order valence-electron chi connectivity index (χ2n) is 6.60. The number of aromatic nitrogens is 2. The molecule has 1 unspecified atom stereocenters. The first-order valence-corrected chi connectivity index (χ1v) is 11.8. The van der Waals surface area contributed by atoms with Crippen LogP contribution in [0, 0.1) is 0 Å². The lowest BCUT2D eigenvalue weighted by Gasteiger charge is -2.19. The van der Waals surface area contributed by atoms with E-state index < -0.39 is 15.1 Å². The Morgan fingerprint density at radius 3 is 2.79 bits per heavy atom. The van der Waals surface area contributed by atoms with Gasteiger partial charge in [0.05, 0.1) is 21.6 Å². The van der Waals surface area contributed by atoms with E-state index in [1.807, 2.05) is 17.5 Å². The molecule has 2 aromatic heterocycles. The molecule has 0 radical (unpaired) electrons. The van der Waals surface area contributed by atoms with Crippen molar-refractivity contribution in [2.45, 2.75) is 11.7 Å². The van der Waals surface area contributed by atoms with E-state index in [0.29, 0.717) is 23.6 Å². The van der Waals surface area contributed by atoms with Crippen LogP contribution in [0.1, 0.15) is 27.7 Å². The number of hydrogen-bond donors (Lipinski definition) is 1. The van der Waals surface area contributed by atoms with E-state index in [4.69, 9.17) is 11.6 Å². The Balaban J connectivity index is 1.55. The number of carbonyl (C=O) groups excluding carboxylic acids is 1. The summed E-state index contributed by atoms with van der Waals surface area (Å²) in [7, 11) is -3.42. The summed E-state index contributed by atoms with van der Waals surface area (Å²) in [6, 6.07) is 12.6. The Bertz CT molecular complexity index is 1090. The molecule has 1 aromatic carbocycles. The van der Waals surface area contributed by atoms with E-state index in [1.165, 1.54) is 0 Å². The average molecular weight is 436 g/mol. The van der Waals surface area contributed by atoms with Crippen LogP contribution in [0.5, 0.6) is 0 Å². The van der Waals surface area contributed by atoms with Crippen molar-refractivity contribution < 1.29 is 13.2 Å². The first-order chi connectivity index (χ1) is 13.5. The Hall–Kier alpha value is -2.16. The molecular formula is C19H18ClN3O3S2. The Kier molecular flexibility index (Phi) is 5.27. The van der Waals surface area contributed by atoms with E-state index in [2.05, 4.69) is 10.2 Å². The minimum atomic E-state index is -3.42. The van der Waals surface area contributed by atoms with Gasteiger partial charge >= 0.3 is 0 Å².